The van der Waals surface area contributed by atoms with Crippen molar-refractivity contribution >= 4 is 16.7 Å². The van der Waals surface area contributed by atoms with Gasteiger partial charge in [0.15, 0.2) is 5.82 Å². The summed E-state index contributed by atoms with van der Waals surface area (Å²) in [6.45, 7) is 8.24. The second-order valence-electron chi connectivity index (χ2n) is 7.45. The van der Waals surface area contributed by atoms with Gasteiger partial charge in [-0.25, -0.2) is 9.97 Å². The fraction of sp³-hybridized carbons (Fsp3) is 0.409. The second-order valence-corrected chi connectivity index (χ2v) is 7.45. The Balaban J connectivity index is 1.45. The first-order chi connectivity index (χ1) is 13.7. The summed E-state index contributed by atoms with van der Waals surface area (Å²) in [5.74, 6) is 1.61. The van der Waals surface area contributed by atoms with Crippen molar-refractivity contribution in [3.8, 4) is 11.4 Å². The number of morpholine rings is 1. The van der Waals surface area contributed by atoms with E-state index in [2.05, 4.69) is 35.1 Å². The van der Waals surface area contributed by atoms with E-state index in [1.807, 2.05) is 30.3 Å². The quantitative estimate of drug-likeness (QED) is 0.662. The fourth-order valence-electron chi connectivity index (χ4n) is 3.82. The van der Waals surface area contributed by atoms with Gasteiger partial charge in [0.1, 0.15) is 5.82 Å². The maximum Gasteiger partial charge on any atom is 0.162 e. The number of hydrogen-bond acceptors (Lipinski definition) is 6. The molecule has 1 aromatic carbocycles. The molecule has 28 heavy (non-hydrogen) atoms. The highest BCUT2D eigenvalue weighted by molar-refractivity contribution is 5.90. The molecule has 4 rings (SSSR count). The molecule has 0 bridgehead atoms. The number of nitrogens with zero attached hydrogens (tertiary/aromatic N) is 4. The van der Waals surface area contributed by atoms with Crippen LogP contribution in [0.25, 0.3) is 22.3 Å². The van der Waals surface area contributed by atoms with Gasteiger partial charge in [0.2, 0.25) is 0 Å². The van der Waals surface area contributed by atoms with E-state index in [0.29, 0.717) is 12.2 Å². The van der Waals surface area contributed by atoms with E-state index in [9.17, 15) is 0 Å². The molecule has 1 fully saturated rings. The molecule has 1 aliphatic rings. The lowest BCUT2D eigenvalue weighted by Gasteiger charge is -2.35. The summed E-state index contributed by atoms with van der Waals surface area (Å²) in [5.41, 5.74) is 1.92. The number of anilines is 1. The molecule has 0 saturated carbocycles. The van der Waals surface area contributed by atoms with Gasteiger partial charge in [0.25, 0.3) is 0 Å². The first-order valence-electron chi connectivity index (χ1n) is 9.98. The number of nitrogens with one attached hydrogen (secondary N) is 1. The molecular formula is C22H27N5O. The minimum Gasteiger partial charge on any atom is -0.373 e. The van der Waals surface area contributed by atoms with Crippen LogP contribution in [-0.4, -0.2) is 58.2 Å². The average Bonchev–Trinajstić information content (AvgIpc) is 2.71. The van der Waals surface area contributed by atoms with Gasteiger partial charge in [0.05, 0.1) is 17.7 Å². The van der Waals surface area contributed by atoms with Crippen LogP contribution in [0.2, 0.25) is 0 Å². The fourth-order valence-corrected chi connectivity index (χ4v) is 3.82. The van der Waals surface area contributed by atoms with Crippen molar-refractivity contribution in [1.82, 2.24) is 19.9 Å². The smallest absolute Gasteiger partial charge is 0.162 e. The Morgan fingerprint density at radius 2 is 1.79 bits per heavy atom. The Bertz CT molecular complexity index is 907. The van der Waals surface area contributed by atoms with Gasteiger partial charge in [-0.1, -0.05) is 12.1 Å². The third kappa shape index (κ3) is 4.46. The lowest BCUT2D eigenvalue weighted by molar-refractivity contribution is -0.0678. The number of benzene rings is 1. The molecule has 6 heteroatoms. The Kier molecular flexibility index (Phi) is 5.78. The molecular weight excluding hydrogens is 350 g/mol. The van der Waals surface area contributed by atoms with Gasteiger partial charge in [-0.05, 0) is 44.5 Å². The zero-order valence-corrected chi connectivity index (χ0v) is 16.5. The molecule has 6 nitrogen and oxygen atoms in total. The van der Waals surface area contributed by atoms with Crippen molar-refractivity contribution in [3.05, 3.63) is 48.8 Å². The topological polar surface area (TPSA) is 63.2 Å². The van der Waals surface area contributed by atoms with Gasteiger partial charge in [-0.2, -0.15) is 0 Å². The summed E-state index contributed by atoms with van der Waals surface area (Å²) in [7, 11) is 0. The van der Waals surface area contributed by atoms with Gasteiger partial charge in [-0.3, -0.25) is 9.88 Å². The third-order valence-electron chi connectivity index (χ3n) is 4.98. The van der Waals surface area contributed by atoms with E-state index in [1.54, 1.807) is 12.4 Å². The number of ether oxygens (including phenoxy) is 1. The number of hydrogen-bond donors (Lipinski definition) is 1. The molecule has 2 unspecified atom stereocenters. The molecule has 146 valence electrons. The second kappa shape index (κ2) is 8.63. The maximum atomic E-state index is 5.82. The van der Waals surface area contributed by atoms with E-state index < -0.39 is 0 Å². The molecule has 2 aromatic heterocycles. The van der Waals surface area contributed by atoms with E-state index in [0.717, 1.165) is 60.7 Å². The molecule has 0 spiro atoms. The highest BCUT2D eigenvalue weighted by Crippen LogP contribution is 2.24. The molecule has 1 saturated heterocycles. The normalized spacial score (nSPS) is 20.4. The molecule has 2 atom stereocenters. The zero-order chi connectivity index (χ0) is 19.3. The van der Waals surface area contributed by atoms with Gasteiger partial charge in [0, 0.05) is 49.5 Å². The van der Waals surface area contributed by atoms with Gasteiger partial charge < -0.3 is 10.1 Å². The van der Waals surface area contributed by atoms with Crippen LogP contribution < -0.4 is 5.32 Å². The third-order valence-corrected chi connectivity index (χ3v) is 4.98. The number of rotatable bonds is 6. The summed E-state index contributed by atoms with van der Waals surface area (Å²) < 4.78 is 5.82. The molecule has 0 radical (unpaired) electrons. The number of fused-ring (bicyclic) bond motifs is 1. The SMILES string of the molecule is CC1CN(CCCNc2nc(-c3ccncc3)nc3ccccc23)CC(C)O1. The van der Waals surface area contributed by atoms with Gasteiger partial charge in [-0.15, -0.1) is 0 Å². The maximum absolute atomic E-state index is 5.82. The van der Waals surface area contributed by atoms with Crippen LogP contribution in [0, 0.1) is 0 Å². The molecule has 0 amide bonds. The number of para-hydroxylation sites is 1. The van der Waals surface area contributed by atoms with E-state index in [-0.39, 0.29) is 0 Å². The lowest BCUT2D eigenvalue weighted by Crippen LogP contribution is -2.45. The van der Waals surface area contributed by atoms with E-state index in [1.165, 1.54) is 0 Å². The van der Waals surface area contributed by atoms with Crippen molar-refractivity contribution in [2.75, 3.05) is 31.5 Å². The Morgan fingerprint density at radius 1 is 1.04 bits per heavy atom. The van der Waals surface area contributed by atoms with E-state index in [4.69, 9.17) is 14.7 Å². The predicted molar refractivity (Wildman–Crippen MR) is 112 cm³/mol. The Hall–Kier alpha value is -2.57. The van der Waals surface area contributed by atoms with Crippen LogP contribution in [0.15, 0.2) is 48.8 Å². The highest BCUT2D eigenvalue weighted by Gasteiger charge is 2.21. The average molecular weight is 377 g/mol. The summed E-state index contributed by atoms with van der Waals surface area (Å²) in [4.78, 5) is 16.1. The minimum atomic E-state index is 0.311. The van der Waals surface area contributed by atoms with Crippen molar-refractivity contribution in [2.45, 2.75) is 32.5 Å². The molecule has 3 aromatic rings. The van der Waals surface area contributed by atoms with Crippen molar-refractivity contribution in [1.29, 1.82) is 0 Å². The van der Waals surface area contributed by atoms with Crippen molar-refractivity contribution < 1.29 is 4.74 Å². The van der Waals surface area contributed by atoms with Crippen LogP contribution in [0.4, 0.5) is 5.82 Å². The summed E-state index contributed by atoms with van der Waals surface area (Å²) in [6, 6.07) is 12.0. The standard InChI is InChI=1S/C22H27N5O/c1-16-14-27(15-17(2)28-16)13-5-10-24-22-19-6-3-4-7-20(19)25-21(26-22)18-8-11-23-12-9-18/h3-4,6-9,11-12,16-17H,5,10,13-15H2,1-2H3,(H,24,25,26). The summed E-state index contributed by atoms with van der Waals surface area (Å²) in [5, 5.41) is 4.59. The molecule has 1 aliphatic heterocycles. The van der Waals surface area contributed by atoms with Crippen LogP contribution in [-0.2, 0) is 4.74 Å². The Morgan fingerprint density at radius 3 is 2.57 bits per heavy atom. The summed E-state index contributed by atoms with van der Waals surface area (Å²) >= 11 is 0. The van der Waals surface area contributed by atoms with Gasteiger partial charge >= 0.3 is 0 Å². The monoisotopic (exact) mass is 377 g/mol. The lowest BCUT2D eigenvalue weighted by atomic mass is 10.2. The molecule has 1 N–H and O–H groups in total. The zero-order valence-electron chi connectivity index (χ0n) is 16.5. The van der Waals surface area contributed by atoms with E-state index >= 15 is 0 Å². The van der Waals surface area contributed by atoms with Crippen molar-refractivity contribution in [3.63, 3.8) is 0 Å². The van der Waals surface area contributed by atoms with Crippen LogP contribution in [0.1, 0.15) is 20.3 Å². The molecule has 0 aliphatic carbocycles. The van der Waals surface area contributed by atoms with Crippen LogP contribution >= 0.6 is 0 Å². The van der Waals surface area contributed by atoms with Crippen LogP contribution in [0.5, 0.6) is 0 Å². The minimum absolute atomic E-state index is 0.311. The number of pyridine rings is 1. The number of aromatic nitrogens is 3. The Labute approximate surface area is 166 Å². The first kappa shape index (κ1) is 18.8. The van der Waals surface area contributed by atoms with Crippen LogP contribution in [0.3, 0.4) is 0 Å². The highest BCUT2D eigenvalue weighted by atomic mass is 16.5. The first-order valence-corrected chi connectivity index (χ1v) is 9.98. The summed E-state index contributed by atoms with van der Waals surface area (Å²) in [6.07, 6.45) is 5.22. The van der Waals surface area contributed by atoms with Crippen molar-refractivity contribution in [2.24, 2.45) is 0 Å². The predicted octanol–water partition coefficient (Wildman–Crippen LogP) is 3.60. The largest absolute Gasteiger partial charge is 0.373 e. The molecule has 3 heterocycles.